The monoisotopic (exact) mass is 564 g/mol. The first-order chi connectivity index (χ1) is 18.2. The normalized spacial score (nSPS) is 15.5. The molecular weight excluding hydrogens is 545 g/mol. The molecule has 1 aliphatic carbocycles. The number of rotatable bonds is 4. The molecule has 0 spiro atoms. The first kappa shape index (κ1) is 26.2. The third-order valence-electron chi connectivity index (χ3n) is 6.55. The van der Waals surface area contributed by atoms with Crippen LogP contribution < -0.4 is 21.7 Å². The predicted octanol–water partition coefficient (Wildman–Crippen LogP) is 1.69. The summed E-state index contributed by atoms with van der Waals surface area (Å²) in [5.74, 6) is -2.02. The van der Waals surface area contributed by atoms with E-state index < -0.39 is 56.3 Å². The van der Waals surface area contributed by atoms with Gasteiger partial charge in [-0.05, 0) is 42.2 Å². The second-order valence-electron chi connectivity index (χ2n) is 9.08. The summed E-state index contributed by atoms with van der Waals surface area (Å²) in [7, 11) is -2.66. The Bertz CT molecular complexity index is 1970. The van der Waals surface area contributed by atoms with Gasteiger partial charge in [0.25, 0.3) is 11.5 Å². The fraction of sp³-hybridized carbons (Fsp3) is 0.250. The fourth-order valence-electron chi connectivity index (χ4n) is 4.85. The minimum absolute atomic E-state index is 0.0475. The number of carbonyl (C=O) groups excluding carboxylic acids is 1. The van der Waals surface area contributed by atoms with Crippen LogP contribution in [0.15, 0.2) is 61.4 Å². The van der Waals surface area contributed by atoms with Gasteiger partial charge in [-0.25, -0.2) is 22.7 Å². The van der Waals surface area contributed by atoms with Gasteiger partial charge < -0.3 is 4.42 Å². The summed E-state index contributed by atoms with van der Waals surface area (Å²) >= 11 is 0. The van der Waals surface area contributed by atoms with Gasteiger partial charge >= 0.3 is 17.6 Å². The van der Waals surface area contributed by atoms with E-state index in [9.17, 15) is 40.8 Å². The quantitative estimate of drug-likeness (QED) is 0.398. The number of sulfonamides is 1. The van der Waals surface area contributed by atoms with Gasteiger partial charge in [0.2, 0.25) is 10.0 Å². The lowest BCUT2D eigenvalue weighted by Crippen LogP contribution is -2.46. The molecule has 0 aliphatic heterocycles. The Kier molecular flexibility index (Phi) is 5.93. The van der Waals surface area contributed by atoms with Crippen LogP contribution in [0.4, 0.5) is 13.2 Å². The molecule has 1 aliphatic rings. The molecule has 5 rings (SSSR count). The Hall–Kier alpha value is -4.40. The summed E-state index contributed by atoms with van der Waals surface area (Å²) in [5, 5.41) is 0. The maximum atomic E-state index is 13.7. The lowest BCUT2D eigenvalue weighted by molar-refractivity contribution is -0.138. The molecule has 2 heterocycles. The first-order valence-corrected chi connectivity index (χ1v) is 13.3. The largest absolute Gasteiger partial charge is 0.419 e. The Morgan fingerprint density at radius 1 is 1.13 bits per heavy atom. The number of amides is 1. The van der Waals surface area contributed by atoms with Crippen molar-refractivity contribution in [2.45, 2.75) is 25.1 Å². The van der Waals surface area contributed by atoms with E-state index in [0.29, 0.717) is 16.3 Å². The van der Waals surface area contributed by atoms with E-state index in [2.05, 4.69) is 0 Å². The van der Waals surface area contributed by atoms with Crippen molar-refractivity contribution < 1.29 is 30.8 Å². The summed E-state index contributed by atoms with van der Waals surface area (Å²) in [6, 6.07) is 6.42. The Morgan fingerprint density at radius 3 is 2.51 bits per heavy atom. The molecule has 1 amide bonds. The van der Waals surface area contributed by atoms with Gasteiger partial charge in [-0.15, -0.1) is 0 Å². The van der Waals surface area contributed by atoms with Crippen molar-refractivity contribution in [3.05, 3.63) is 96.2 Å². The zero-order chi connectivity index (χ0) is 28.4. The zero-order valence-electron chi connectivity index (χ0n) is 20.3. The molecule has 0 bridgehead atoms. The van der Waals surface area contributed by atoms with Gasteiger partial charge in [0.1, 0.15) is 5.56 Å². The van der Waals surface area contributed by atoms with E-state index in [1.165, 1.54) is 35.9 Å². The van der Waals surface area contributed by atoms with Gasteiger partial charge in [-0.3, -0.25) is 23.3 Å². The highest BCUT2D eigenvalue weighted by molar-refractivity contribution is 7.89. The number of nitrogens with zero attached hydrogens (tertiary/aromatic N) is 3. The summed E-state index contributed by atoms with van der Waals surface area (Å²) in [4.78, 5) is 51.9. The van der Waals surface area contributed by atoms with Crippen LogP contribution in [0.1, 0.15) is 39.5 Å². The van der Waals surface area contributed by atoms with Crippen LogP contribution >= 0.6 is 0 Å². The number of halogens is 3. The molecule has 1 atom stereocenters. The molecule has 1 N–H and O–H groups in total. The maximum Gasteiger partial charge on any atom is 0.419 e. The number of hydrogen-bond acceptors (Lipinski definition) is 7. The van der Waals surface area contributed by atoms with E-state index in [4.69, 9.17) is 4.42 Å². The third kappa shape index (κ3) is 4.47. The lowest BCUT2D eigenvalue weighted by atomic mass is 10.0. The van der Waals surface area contributed by atoms with Crippen LogP contribution in [0.3, 0.4) is 0 Å². The number of benzene rings is 2. The molecule has 0 radical (unpaired) electrons. The maximum absolute atomic E-state index is 13.7. The fourth-order valence-corrected chi connectivity index (χ4v) is 5.30. The SMILES string of the molecule is Cn1c(=O)oc2cc(-n3cc(C(=O)NS(C)(=O)=O)c(=O)n(C4CCc5c4cccc5C(F)(F)F)c3=O)ccc21. The highest BCUT2D eigenvalue weighted by Gasteiger charge is 2.38. The van der Waals surface area contributed by atoms with Crippen LogP contribution in [0, 0.1) is 0 Å². The van der Waals surface area contributed by atoms with Crippen molar-refractivity contribution in [1.29, 1.82) is 0 Å². The highest BCUT2D eigenvalue weighted by Crippen LogP contribution is 2.41. The molecule has 39 heavy (non-hydrogen) atoms. The van der Waals surface area contributed by atoms with Crippen molar-refractivity contribution in [3.8, 4) is 5.69 Å². The molecule has 2 aromatic heterocycles. The zero-order valence-corrected chi connectivity index (χ0v) is 21.1. The van der Waals surface area contributed by atoms with Crippen LogP contribution in [-0.4, -0.2) is 34.3 Å². The van der Waals surface area contributed by atoms with E-state index in [0.717, 1.165) is 22.9 Å². The molecule has 4 aromatic rings. The number of oxazole rings is 1. The molecule has 0 fully saturated rings. The number of hydrogen-bond donors (Lipinski definition) is 1. The average Bonchev–Trinajstić information content (AvgIpc) is 3.37. The van der Waals surface area contributed by atoms with Crippen LogP contribution in [0.2, 0.25) is 0 Å². The van der Waals surface area contributed by atoms with E-state index in [1.54, 1.807) is 4.72 Å². The van der Waals surface area contributed by atoms with Gasteiger partial charge in [-0.2, -0.15) is 13.2 Å². The number of nitrogens with one attached hydrogen (secondary N) is 1. The molecule has 204 valence electrons. The summed E-state index contributed by atoms with van der Waals surface area (Å²) in [6.07, 6.45) is -3.29. The topological polar surface area (TPSA) is 142 Å². The predicted molar refractivity (Wildman–Crippen MR) is 132 cm³/mol. The second-order valence-corrected chi connectivity index (χ2v) is 10.8. The minimum atomic E-state index is -4.67. The van der Waals surface area contributed by atoms with Crippen molar-refractivity contribution in [3.63, 3.8) is 0 Å². The molecule has 2 aromatic carbocycles. The Balaban J connectivity index is 1.78. The van der Waals surface area contributed by atoms with Crippen LogP contribution in [0.25, 0.3) is 16.8 Å². The molecule has 0 saturated heterocycles. The molecule has 1 unspecified atom stereocenters. The van der Waals surface area contributed by atoms with Crippen molar-refractivity contribution >= 4 is 27.0 Å². The smallest absolute Gasteiger partial charge is 0.408 e. The second kappa shape index (κ2) is 8.83. The average molecular weight is 564 g/mol. The number of aryl methyl sites for hydroxylation is 1. The van der Waals surface area contributed by atoms with Crippen LogP contribution in [-0.2, 0) is 29.7 Å². The standard InChI is InChI=1S/C24H19F3N4O7S/c1-29-18-8-6-12(10-19(18)38-23(29)35)30-11-15(20(32)28-39(2,36)37)21(33)31(22(30)34)17-9-7-13-14(17)4-3-5-16(13)24(25,26)27/h3-6,8,10-11,17H,7,9H2,1-2H3,(H,28,32). The number of aromatic nitrogens is 3. The Morgan fingerprint density at radius 2 is 1.85 bits per heavy atom. The summed E-state index contributed by atoms with van der Waals surface area (Å²) in [6.45, 7) is 0. The van der Waals surface area contributed by atoms with Crippen LogP contribution in [0.5, 0.6) is 0 Å². The van der Waals surface area contributed by atoms with Crippen molar-refractivity contribution in [2.24, 2.45) is 7.05 Å². The Labute approximate surface area is 216 Å². The van der Waals surface area contributed by atoms with Gasteiger partial charge in [0.05, 0.1) is 29.1 Å². The molecule has 0 saturated carbocycles. The van der Waals surface area contributed by atoms with E-state index in [-0.39, 0.29) is 35.2 Å². The number of fused-ring (bicyclic) bond motifs is 2. The van der Waals surface area contributed by atoms with Crippen molar-refractivity contribution in [2.75, 3.05) is 6.26 Å². The molecule has 15 heteroatoms. The minimum Gasteiger partial charge on any atom is -0.408 e. The van der Waals surface area contributed by atoms with Gasteiger partial charge in [0, 0.05) is 19.3 Å². The third-order valence-corrected chi connectivity index (χ3v) is 7.11. The molecule has 11 nitrogen and oxygen atoms in total. The van der Waals surface area contributed by atoms with Crippen molar-refractivity contribution in [1.82, 2.24) is 18.4 Å². The van der Waals surface area contributed by atoms with E-state index >= 15 is 0 Å². The number of alkyl halides is 3. The highest BCUT2D eigenvalue weighted by atomic mass is 32.2. The summed E-state index contributed by atoms with van der Waals surface area (Å²) in [5.41, 5.74) is -3.30. The van der Waals surface area contributed by atoms with E-state index in [1.807, 2.05) is 0 Å². The lowest BCUT2D eigenvalue weighted by Gasteiger charge is -2.19. The first-order valence-electron chi connectivity index (χ1n) is 11.4. The number of carbonyl (C=O) groups is 1. The van der Waals surface area contributed by atoms with Gasteiger partial charge in [0.15, 0.2) is 5.58 Å². The summed E-state index contributed by atoms with van der Waals surface area (Å²) < 4.78 is 73.8. The van der Waals surface area contributed by atoms with Gasteiger partial charge in [-0.1, -0.05) is 12.1 Å². The molecular formula is C24H19F3N4O7S.